The van der Waals surface area contributed by atoms with Gasteiger partial charge in [-0.2, -0.15) is 0 Å². The fourth-order valence-corrected chi connectivity index (χ4v) is 1.40. The van der Waals surface area contributed by atoms with Gasteiger partial charge in [0.05, 0.1) is 0 Å². The van der Waals surface area contributed by atoms with E-state index >= 15 is 0 Å². The average Bonchev–Trinajstić information content (AvgIpc) is 1.94. The van der Waals surface area contributed by atoms with Crippen molar-refractivity contribution < 1.29 is 4.79 Å². The van der Waals surface area contributed by atoms with E-state index in [0.717, 1.165) is 19.3 Å². The van der Waals surface area contributed by atoms with Gasteiger partial charge in [-0.25, -0.2) is 0 Å². The molecule has 0 aromatic rings. The van der Waals surface area contributed by atoms with E-state index in [9.17, 15) is 4.79 Å². The summed E-state index contributed by atoms with van der Waals surface area (Å²) in [6.07, 6.45) is 11.0. The molecule has 0 aromatic carbocycles. The largest absolute Gasteiger partial charge is 0.356 e. The van der Waals surface area contributed by atoms with Crippen LogP contribution in [-0.4, -0.2) is 12.5 Å². The zero-order valence-corrected chi connectivity index (χ0v) is 6.75. The molecule has 0 fully saturated rings. The molecule has 2 nitrogen and oxygen atoms in total. The Morgan fingerprint density at radius 3 is 3.09 bits per heavy atom. The highest BCUT2D eigenvalue weighted by Crippen LogP contribution is 2.11. The van der Waals surface area contributed by atoms with E-state index in [2.05, 4.69) is 17.5 Å². The first-order valence-corrected chi connectivity index (χ1v) is 4.28. The third-order valence-corrected chi connectivity index (χ3v) is 2.06. The molecular formula is C9H15NO. The van der Waals surface area contributed by atoms with E-state index in [0.29, 0.717) is 6.04 Å². The summed E-state index contributed by atoms with van der Waals surface area (Å²) in [5.74, 6) is 0. The van der Waals surface area contributed by atoms with Gasteiger partial charge in [0.2, 0.25) is 6.41 Å². The van der Waals surface area contributed by atoms with Crippen molar-refractivity contribution in [2.24, 2.45) is 0 Å². The van der Waals surface area contributed by atoms with Crippen molar-refractivity contribution >= 4 is 6.41 Å². The van der Waals surface area contributed by atoms with Crippen LogP contribution >= 0.6 is 0 Å². The second-order valence-electron chi connectivity index (χ2n) is 2.97. The van der Waals surface area contributed by atoms with Gasteiger partial charge in [0.25, 0.3) is 0 Å². The van der Waals surface area contributed by atoms with Gasteiger partial charge in [0.1, 0.15) is 0 Å². The van der Waals surface area contributed by atoms with E-state index < -0.39 is 0 Å². The standard InChI is InChI=1S/C9H15NO/c11-8-10-9-6-4-2-1-3-5-7-9/h2,4,8-9H,1,3,5-7H2,(H,10,11). The SMILES string of the molecule is O=CNC1CC=CCCCC1. The molecule has 0 saturated carbocycles. The van der Waals surface area contributed by atoms with E-state index in [1.165, 1.54) is 19.3 Å². The lowest BCUT2D eigenvalue weighted by Crippen LogP contribution is -2.27. The number of carbonyl (C=O) groups is 1. The molecule has 1 unspecified atom stereocenters. The molecule has 11 heavy (non-hydrogen) atoms. The Morgan fingerprint density at radius 2 is 2.27 bits per heavy atom. The normalized spacial score (nSPS) is 25.3. The van der Waals surface area contributed by atoms with Gasteiger partial charge < -0.3 is 5.32 Å². The maximum absolute atomic E-state index is 10.1. The van der Waals surface area contributed by atoms with Crippen LogP contribution in [0, 0.1) is 0 Å². The van der Waals surface area contributed by atoms with E-state index in [4.69, 9.17) is 0 Å². The van der Waals surface area contributed by atoms with Crippen molar-refractivity contribution in [3.05, 3.63) is 12.2 Å². The number of nitrogens with one attached hydrogen (secondary N) is 1. The zero-order chi connectivity index (χ0) is 7.94. The highest BCUT2D eigenvalue weighted by Gasteiger charge is 2.05. The van der Waals surface area contributed by atoms with Crippen LogP contribution in [0.2, 0.25) is 0 Å². The lowest BCUT2D eigenvalue weighted by Gasteiger charge is -2.15. The molecule has 0 saturated heterocycles. The number of hydrogen-bond acceptors (Lipinski definition) is 1. The van der Waals surface area contributed by atoms with Crippen LogP contribution in [0.4, 0.5) is 0 Å². The summed E-state index contributed by atoms with van der Waals surface area (Å²) < 4.78 is 0. The summed E-state index contributed by atoms with van der Waals surface area (Å²) in [5.41, 5.74) is 0. The summed E-state index contributed by atoms with van der Waals surface area (Å²) in [7, 11) is 0. The molecule has 0 aromatic heterocycles. The first kappa shape index (κ1) is 8.31. The Hall–Kier alpha value is -0.790. The van der Waals surface area contributed by atoms with Crippen molar-refractivity contribution in [3.63, 3.8) is 0 Å². The van der Waals surface area contributed by atoms with Crippen LogP contribution in [-0.2, 0) is 4.79 Å². The molecule has 2 heteroatoms. The molecule has 62 valence electrons. The molecule has 1 atom stereocenters. The van der Waals surface area contributed by atoms with Gasteiger partial charge in [-0.1, -0.05) is 18.6 Å². The van der Waals surface area contributed by atoms with Crippen LogP contribution in [0.15, 0.2) is 12.2 Å². The smallest absolute Gasteiger partial charge is 0.207 e. The predicted octanol–water partition coefficient (Wildman–Crippen LogP) is 1.62. The third kappa shape index (κ3) is 3.21. The van der Waals surface area contributed by atoms with Crippen molar-refractivity contribution in [1.29, 1.82) is 0 Å². The summed E-state index contributed by atoms with van der Waals surface area (Å²) in [5, 5.41) is 2.82. The third-order valence-electron chi connectivity index (χ3n) is 2.06. The number of allylic oxidation sites excluding steroid dienone is 1. The van der Waals surface area contributed by atoms with Crippen LogP contribution in [0.25, 0.3) is 0 Å². The quantitative estimate of drug-likeness (QED) is 0.474. The number of hydrogen-bond donors (Lipinski definition) is 1. The van der Waals surface area contributed by atoms with Crippen LogP contribution in [0.3, 0.4) is 0 Å². The molecule has 1 aliphatic rings. The maximum Gasteiger partial charge on any atom is 0.207 e. The maximum atomic E-state index is 10.1. The van der Waals surface area contributed by atoms with E-state index in [-0.39, 0.29) is 0 Å². The molecule has 1 rings (SSSR count). The molecule has 0 heterocycles. The first-order chi connectivity index (χ1) is 5.43. The molecule has 1 amide bonds. The number of carbonyl (C=O) groups excluding carboxylic acids is 1. The summed E-state index contributed by atoms with van der Waals surface area (Å²) in [6, 6.07) is 0.379. The van der Waals surface area contributed by atoms with Gasteiger partial charge in [0, 0.05) is 6.04 Å². The highest BCUT2D eigenvalue weighted by atomic mass is 16.1. The Labute approximate surface area is 67.7 Å². The van der Waals surface area contributed by atoms with Gasteiger partial charge in [0.15, 0.2) is 0 Å². The molecule has 0 spiro atoms. The Balaban J connectivity index is 2.31. The minimum absolute atomic E-state index is 0.379. The number of rotatable bonds is 2. The zero-order valence-electron chi connectivity index (χ0n) is 6.75. The van der Waals surface area contributed by atoms with Crippen LogP contribution < -0.4 is 5.32 Å². The van der Waals surface area contributed by atoms with Gasteiger partial charge in [-0.05, 0) is 25.7 Å². The molecular weight excluding hydrogens is 138 g/mol. The minimum atomic E-state index is 0.379. The van der Waals surface area contributed by atoms with Crippen molar-refractivity contribution in [2.75, 3.05) is 0 Å². The van der Waals surface area contributed by atoms with Crippen LogP contribution in [0.5, 0.6) is 0 Å². The topological polar surface area (TPSA) is 29.1 Å². The fraction of sp³-hybridized carbons (Fsp3) is 0.667. The lowest BCUT2D eigenvalue weighted by molar-refractivity contribution is -0.110. The molecule has 0 radical (unpaired) electrons. The highest BCUT2D eigenvalue weighted by molar-refractivity contribution is 5.46. The monoisotopic (exact) mass is 153 g/mol. The van der Waals surface area contributed by atoms with Crippen molar-refractivity contribution in [1.82, 2.24) is 5.32 Å². The molecule has 0 aliphatic heterocycles. The molecule has 1 aliphatic carbocycles. The Bertz CT molecular complexity index is 142. The molecule has 1 N–H and O–H groups in total. The number of amides is 1. The van der Waals surface area contributed by atoms with Gasteiger partial charge in [-0.15, -0.1) is 0 Å². The average molecular weight is 153 g/mol. The minimum Gasteiger partial charge on any atom is -0.356 e. The van der Waals surface area contributed by atoms with Gasteiger partial charge >= 0.3 is 0 Å². The summed E-state index contributed by atoms with van der Waals surface area (Å²) in [4.78, 5) is 10.1. The molecule has 0 bridgehead atoms. The summed E-state index contributed by atoms with van der Waals surface area (Å²) >= 11 is 0. The van der Waals surface area contributed by atoms with E-state index in [1.807, 2.05) is 0 Å². The van der Waals surface area contributed by atoms with Crippen molar-refractivity contribution in [3.8, 4) is 0 Å². The first-order valence-electron chi connectivity index (χ1n) is 4.28. The second-order valence-corrected chi connectivity index (χ2v) is 2.97. The lowest BCUT2D eigenvalue weighted by atomic mass is 10.0. The Kier molecular flexibility index (Phi) is 3.73. The van der Waals surface area contributed by atoms with Crippen LogP contribution in [0.1, 0.15) is 32.1 Å². The summed E-state index contributed by atoms with van der Waals surface area (Å²) in [6.45, 7) is 0. The van der Waals surface area contributed by atoms with E-state index in [1.54, 1.807) is 0 Å². The van der Waals surface area contributed by atoms with Gasteiger partial charge in [-0.3, -0.25) is 4.79 Å². The van der Waals surface area contributed by atoms with Crippen molar-refractivity contribution in [2.45, 2.75) is 38.1 Å². The fourth-order valence-electron chi connectivity index (χ4n) is 1.40. The Morgan fingerprint density at radius 1 is 1.36 bits per heavy atom. The predicted molar refractivity (Wildman–Crippen MR) is 45.2 cm³/mol. The second kappa shape index (κ2) is 4.94.